The summed E-state index contributed by atoms with van der Waals surface area (Å²) in [5.74, 6) is 0.195. The minimum Gasteiger partial charge on any atom is -0.397 e. The molecule has 0 fully saturated rings. The second kappa shape index (κ2) is 7.79. The molecule has 0 heterocycles. The van der Waals surface area contributed by atoms with Gasteiger partial charge >= 0.3 is 16.1 Å². The maximum Gasteiger partial charge on any atom is 0.339 e. The number of benzene rings is 3. The number of carbonyl (C=O) groups excluding carboxylic acids is 1. The molecule has 3 rings (SSSR count). The minimum absolute atomic E-state index is 0.0935. The first-order chi connectivity index (χ1) is 12.9. The lowest BCUT2D eigenvalue weighted by Gasteiger charge is -2.12. The molecule has 3 aromatic carbocycles. The second-order valence-electron chi connectivity index (χ2n) is 5.54. The Hall–Kier alpha value is -3.52. The van der Waals surface area contributed by atoms with Gasteiger partial charge in [0.05, 0.1) is 11.4 Å². The Bertz CT molecular complexity index is 1040. The molecule has 27 heavy (non-hydrogen) atoms. The number of carbonyl (C=O) groups is 1. The lowest BCUT2D eigenvalue weighted by molar-refractivity contribution is 0.262. The van der Waals surface area contributed by atoms with Crippen molar-refractivity contribution in [3.05, 3.63) is 78.9 Å². The minimum atomic E-state index is -4.04. The van der Waals surface area contributed by atoms with Crippen LogP contribution in [0.4, 0.5) is 21.9 Å². The van der Waals surface area contributed by atoms with E-state index in [4.69, 9.17) is 9.92 Å². The number of amides is 2. The number of para-hydroxylation sites is 2. The molecule has 0 radical (unpaired) electrons. The molecule has 0 bridgehead atoms. The Kier molecular flexibility index (Phi) is 5.28. The summed E-state index contributed by atoms with van der Waals surface area (Å²) in [4.78, 5) is 11.9. The fourth-order valence-electron chi connectivity index (χ4n) is 2.27. The van der Waals surface area contributed by atoms with Crippen LogP contribution in [0.1, 0.15) is 0 Å². The van der Waals surface area contributed by atoms with Crippen LogP contribution in [0.5, 0.6) is 5.75 Å². The number of hydrogen-bond acceptors (Lipinski definition) is 5. The summed E-state index contributed by atoms with van der Waals surface area (Å²) < 4.78 is 29.8. The number of rotatable bonds is 5. The average molecular weight is 383 g/mol. The summed E-state index contributed by atoms with van der Waals surface area (Å²) >= 11 is 0. The predicted octanol–water partition coefficient (Wildman–Crippen LogP) is 3.68. The van der Waals surface area contributed by atoms with Crippen LogP contribution >= 0.6 is 0 Å². The smallest absolute Gasteiger partial charge is 0.339 e. The van der Waals surface area contributed by atoms with Gasteiger partial charge in [-0.3, -0.25) is 0 Å². The topological polar surface area (TPSA) is 111 Å². The Balaban J connectivity index is 1.72. The van der Waals surface area contributed by atoms with Crippen LogP contribution in [0.25, 0.3) is 0 Å². The Labute approximate surface area is 156 Å². The molecule has 3 aromatic rings. The molecule has 0 aliphatic carbocycles. The van der Waals surface area contributed by atoms with E-state index in [1.54, 1.807) is 42.5 Å². The van der Waals surface area contributed by atoms with Gasteiger partial charge in [0.2, 0.25) is 0 Å². The first-order valence-corrected chi connectivity index (χ1v) is 9.37. The molecule has 0 spiro atoms. The highest BCUT2D eigenvalue weighted by Gasteiger charge is 2.18. The van der Waals surface area contributed by atoms with E-state index in [1.165, 1.54) is 30.3 Å². The van der Waals surface area contributed by atoms with Gasteiger partial charge < -0.3 is 20.6 Å². The van der Waals surface area contributed by atoms with Gasteiger partial charge in [0.1, 0.15) is 10.6 Å². The van der Waals surface area contributed by atoms with Gasteiger partial charge in [0, 0.05) is 5.69 Å². The second-order valence-corrected chi connectivity index (χ2v) is 7.09. The molecule has 0 aliphatic heterocycles. The SMILES string of the molecule is Nc1cc(S(=O)(=O)Oc2ccccc2)ccc1NC(=O)Nc1ccccc1. The Morgan fingerprint density at radius 3 is 2.11 bits per heavy atom. The number of nitrogen functional groups attached to an aromatic ring is 1. The van der Waals surface area contributed by atoms with Gasteiger partial charge in [-0.25, -0.2) is 4.79 Å². The van der Waals surface area contributed by atoms with Gasteiger partial charge in [0.25, 0.3) is 0 Å². The van der Waals surface area contributed by atoms with Crippen LogP contribution in [0.2, 0.25) is 0 Å². The maximum atomic E-state index is 12.4. The van der Waals surface area contributed by atoms with Gasteiger partial charge in [-0.15, -0.1) is 0 Å². The van der Waals surface area contributed by atoms with Gasteiger partial charge in [0.15, 0.2) is 0 Å². The predicted molar refractivity (Wildman–Crippen MR) is 104 cm³/mol. The largest absolute Gasteiger partial charge is 0.397 e. The molecule has 4 N–H and O–H groups in total. The zero-order valence-electron chi connectivity index (χ0n) is 14.1. The van der Waals surface area contributed by atoms with Crippen LogP contribution < -0.4 is 20.6 Å². The molecule has 2 amide bonds. The van der Waals surface area contributed by atoms with Crippen molar-refractivity contribution in [2.45, 2.75) is 4.90 Å². The summed E-state index contributed by atoms with van der Waals surface area (Å²) in [5.41, 5.74) is 6.88. The third-order valence-electron chi connectivity index (χ3n) is 3.54. The molecule has 0 unspecified atom stereocenters. The highest BCUT2D eigenvalue weighted by Crippen LogP contribution is 2.25. The van der Waals surface area contributed by atoms with Crippen molar-refractivity contribution in [3.63, 3.8) is 0 Å². The van der Waals surface area contributed by atoms with E-state index in [0.717, 1.165) is 0 Å². The fourth-order valence-corrected chi connectivity index (χ4v) is 3.23. The lowest BCUT2D eigenvalue weighted by atomic mass is 10.2. The van der Waals surface area contributed by atoms with Crippen LogP contribution in [0.3, 0.4) is 0 Å². The van der Waals surface area contributed by atoms with Crippen LogP contribution in [0.15, 0.2) is 83.8 Å². The first-order valence-electron chi connectivity index (χ1n) is 7.96. The van der Waals surface area contributed by atoms with Gasteiger partial charge in [-0.1, -0.05) is 36.4 Å². The van der Waals surface area contributed by atoms with Crippen molar-refractivity contribution >= 4 is 33.2 Å². The molecule has 0 aromatic heterocycles. The monoisotopic (exact) mass is 383 g/mol. The molecule has 0 aliphatic rings. The van der Waals surface area contributed by atoms with E-state index in [-0.39, 0.29) is 22.0 Å². The van der Waals surface area contributed by atoms with E-state index >= 15 is 0 Å². The Morgan fingerprint density at radius 1 is 0.852 bits per heavy atom. The normalized spacial score (nSPS) is 10.8. The molecule has 8 heteroatoms. The zero-order chi connectivity index (χ0) is 19.3. The standard InChI is InChI=1S/C19H17N3O4S/c20-17-13-16(27(24,25)26-15-9-5-2-6-10-15)11-12-18(17)22-19(23)21-14-7-3-1-4-8-14/h1-13H,20H2,(H2,21,22,23). The highest BCUT2D eigenvalue weighted by atomic mass is 32.2. The third-order valence-corrected chi connectivity index (χ3v) is 4.78. The molecule has 0 atom stereocenters. The molecule has 7 nitrogen and oxygen atoms in total. The van der Waals surface area contributed by atoms with Crippen molar-refractivity contribution in [3.8, 4) is 5.75 Å². The van der Waals surface area contributed by atoms with Gasteiger partial charge in [-0.2, -0.15) is 8.42 Å². The van der Waals surface area contributed by atoms with Crippen molar-refractivity contribution in [1.29, 1.82) is 0 Å². The van der Waals surface area contributed by atoms with E-state index in [0.29, 0.717) is 5.69 Å². The number of nitrogens with one attached hydrogen (secondary N) is 2. The number of urea groups is 1. The molecule has 0 saturated carbocycles. The third kappa shape index (κ3) is 4.77. The number of nitrogens with two attached hydrogens (primary N) is 1. The van der Waals surface area contributed by atoms with E-state index in [1.807, 2.05) is 6.07 Å². The van der Waals surface area contributed by atoms with Crippen LogP contribution in [-0.4, -0.2) is 14.4 Å². The zero-order valence-corrected chi connectivity index (χ0v) is 14.9. The lowest BCUT2D eigenvalue weighted by Crippen LogP contribution is -2.20. The van der Waals surface area contributed by atoms with E-state index in [2.05, 4.69) is 10.6 Å². The van der Waals surface area contributed by atoms with Crippen molar-refractivity contribution in [1.82, 2.24) is 0 Å². The summed E-state index contributed by atoms with van der Waals surface area (Å²) in [7, 11) is -4.04. The summed E-state index contributed by atoms with van der Waals surface area (Å²) in [5, 5.41) is 5.22. The van der Waals surface area contributed by atoms with Crippen molar-refractivity contribution in [2.24, 2.45) is 0 Å². The van der Waals surface area contributed by atoms with Crippen molar-refractivity contribution in [2.75, 3.05) is 16.4 Å². The summed E-state index contributed by atoms with van der Waals surface area (Å²) in [6.07, 6.45) is 0. The van der Waals surface area contributed by atoms with Crippen LogP contribution in [0, 0.1) is 0 Å². The highest BCUT2D eigenvalue weighted by molar-refractivity contribution is 7.87. The molecule has 0 saturated heterocycles. The van der Waals surface area contributed by atoms with E-state index in [9.17, 15) is 13.2 Å². The fraction of sp³-hybridized carbons (Fsp3) is 0. The first kappa shape index (κ1) is 18.3. The number of hydrogen-bond donors (Lipinski definition) is 3. The van der Waals surface area contributed by atoms with Crippen molar-refractivity contribution < 1.29 is 17.4 Å². The molecular weight excluding hydrogens is 366 g/mol. The van der Waals surface area contributed by atoms with Gasteiger partial charge in [-0.05, 0) is 42.5 Å². The van der Waals surface area contributed by atoms with Crippen LogP contribution in [-0.2, 0) is 10.1 Å². The summed E-state index contributed by atoms with van der Waals surface area (Å²) in [6, 6.07) is 20.5. The Morgan fingerprint density at radius 2 is 1.48 bits per heavy atom. The maximum absolute atomic E-state index is 12.4. The summed E-state index contributed by atoms with van der Waals surface area (Å²) in [6.45, 7) is 0. The average Bonchev–Trinajstić information content (AvgIpc) is 2.64. The van der Waals surface area contributed by atoms with E-state index < -0.39 is 16.1 Å². The quantitative estimate of drug-likeness (QED) is 0.460. The molecule has 138 valence electrons. The molecular formula is C19H17N3O4S. The number of anilines is 3.